The topological polar surface area (TPSA) is 56.7 Å². The van der Waals surface area contributed by atoms with E-state index in [4.69, 9.17) is 5.73 Å². The highest BCUT2D eigenvalue weighted by molar-refractivity contribution is 5.23. The molecule has 0 aliphatic carbocycles. The number of nitrogens with zero attached hydrogens (tertiary/aromatic N) is 3. The SMILES string of the molecule is Cc1cnnn1Cc1cccc(CN)c1. The van der Waals surface area contributed by atoms with Crippen molar-refractivity contribution in [2.45, 2.75) is 20.0 Å². The van der Waals surface area contributed by atoms with Gasteiger partial charge in [0.2, 0.25) is 0 Å². The molecule has 0 aliphatic heterocycles. The van der Waals surface area contributed by atoms with Crippen LogP contribution in [-0.2, 0) is 13.1 Å². The number of hydrogen-bond acceptors (Lipinski definition) is 3. The van der Waals surface area contributed by atoms with Crippen molar-refractivity contribution in [2.24, 2.45) is 5.73 Å². The molecule has 1 heterocycles. The third-order valence-electron chi connectivity index (χ3n) is 2.37. The van der Waals surface area contributed by atoms with Crippen molar-refractivity contribution in [3.63, 3.8) is 0 Å². The summed E-state index contributed by atoms with van der Waals surface area (Å²) in [7, 11) is 0. The molecule has 0 aliphatic rings. The molecule has 2 N–H and O–H groups in total. The van der Waals surface area contributed by atoms with Crippen LogP contribution in [-0.4, -0.2) is 15.0 Å². The van der Waals surface area contributed by atoms with Gasteiger partial charge in [0.1, 0.15) is 0 Å². The molecule has 2 rings (SSSR count). The number of aromatic nitrogens is 3. The van der Waals surface area contributed by atoms with Crippen molar-refractivity contribution < 1.29 is 0 Å². The van der Waals surface area contributed by atoms with Crippen molar-refractivity contribution in [2.75, 3.05) is 0 Å². The van der Waals surface area contributed by atoms with Crippen LogP contribution >= 0.6 is 0 Å². The molecule has 0 saturated heterocycles. The van der Waals surface area contributed by atoms with E-state index in [-0.39, 0.29) is 0 Å². The number of rotatable bonds is 3. The molecule has 0 saturated carbocycles. The van der Waals surface area contributed by atoms with Crippen LogP contribution in [0.1, 0.15) is 16.8 Å². The maximum atomic E-state index is 5.59. The first-order chi connectivity index (χ1) is 7.29. The van der Waals surface area contributed by atoms with Crippen LogP contribution in [0.25, 0.3) is 0 Å². The summed E-state index contributed by atoms with van der Waals surface area (Å²) in [6.45, 7) is 3.32. The van der Waals surface area contributed by atoms with E-state index in [0.29, 0.717) is 6.54 Å². The van der Waals surface area contributed by atoms with Gasteiger partial charge in [0.15, 0.2) is 0 Å². The normalized spacial score (nSPS) is 10.5. The lowest BCUT2D eigenvalue weighted by Gasteiger charge is -2.04. The monoisotopic (exact) mass is 202 g/mol. The third kappa shape index (κ3) is 2.22. The fourth-order valence-electron chi connectivity index (χ4n) is 1.49. The largest absolute Gasteiger partial charge is 0.326 e. The van der Waals surface area contributed by atoms with Crippen LogP contribution in [0.15, 0.2) is 30.5 Å². The van der Waals surface area contributed by atoms with Gasteiger partial charge in [0.25, 0.3) is 0 Å². The Morgan fingerprint density at radius 3 is 2.80 bits per heavy atom. The molecule has 15 heavy (non-hydrogen) atoms. The average molecular weight is 202 g/mol. The molecule has 0 unspecified atom stereocenters. The number of nitrogens with two attached hydrogens (primary N) is 1. The van der Waals surface area contributed by atoms with Gasteiger partial charge in [-0.15, -0.1) is 5.10 Å². The molecule has 0 bridgehead atoms. The highest BCUT2D eigenvalue weighted by Gasteiger charge is 2.00. The summed E-state index contributed by atoms with van der Waals surface area (Å²) in [5.41, 5.74) is 8.99. The van der Waals surface area contributed by atoms with E-state index >= 15 is 0 Å². The quantitative estimate of drug-likeness (QED) is 0.810. The highest BCUT2D eigenvalue weighted by atomic mass is 15.4. The molecule has 78 valence electrons. The Morgan fingerprint density at radius 1 is 1.33 bits per heavy atom. The molecular formula is C11H14N4. The van der Waals surface area contributed by atoms with Crippen LogP contribution in [0.4, 0.5) is 0 Å². The zero-order valence-corrected chi connectivity index (χ0v) is 8.72. The fraction of sp³-hybridized carbons (Fsp3) is 0.273. The van der Waals surface area contributed by atoms with Gasteiger partial charge < -0.3 is 5.73 Å². The maximum Gasteiger partial charge on any atom is 0.0722 e. The Morgan fingerprint density at radius 2 is 2.13 bits per heavy atom. The van der Waals surface area contributed by atoms with Gasteiger partial charge in [0, 0.05) is 6.54 Å². The Hall–Kier alpha value is -1.68. The van der Waals surface area contributed by atoms with Crippen LogP contribution < -0.4 is 5.73 Å². The smallest absolute Gasteiger partial charge is 0.0722 e. The van der Waals surface area contributed by atoms with E-state index in [2.05, 4.69) is 22.4 Å². The van der Waals surface area contributed by atoms with E-state index in [1.54, 1.807) is 6.20 Å². The maximum absolute atomic E-state index is 5.59. The van der Waals surface area contributed by atoms with Crippen LogP contribution in [0.3, 0.4) is 0 Å². The molecule has 4 nitrogen and oxygen atoms in total. The molecule has 4 heteroatoms. The van der Waals surface area contributed by atoms with E-state index in [0.717, 1.165) is 17.8 Å². The summed E-state index contributed by atoms with van der Waals surface area (Å²) in [6.07, 6.45) is 1.76. The minimum absolute atomic E-state index is 0.574. The first-order valence-corrected chi connectivity index (χ1v) is 4.92. The Balaban J connectivity index is 2.21. The Kier molecular flexibility index (Phi) is 2.78. The lowest BCUT2D eigenvalue weighted by Crippen LogP contribution is -2.05. The summed E-state index contributed by atoms with van der Waals surface area (Å²) >= 11 is 0. The Bertz CT molecular complexity index is 447. The first kappa shape index (κ1) is 9.86. The van der Waals surface area contributed by atoms with Crippen molar-refractivity contribution in [1.29, 1.82) is 0 Å². The molecular weight excluding hydrogens is 188 g/mol. The minimum Gasteiger partial charge on any atom is -0.326 e. The zero-order chi connectivity index (χ0) is 10.7. The zero-order valence-electron chi connectivity index (χ0n) is 8.72. The molecule has 0 fully saturated rings. The number of hydrogen-bond donors (Lipinski definition) is 1. The molecule has 2 aromatic rings. The van der Waals surface area contributed by atoms with E-state index in [9.17, 15) is 0 Å². The molecule has 0 spiro atoms. The molecule has 0 radical (unpaired) electrons. The lowest BCUT2D eigenvalue weighted by atomic mass is 10.1. The second kappa shape index (κ2) is 4.23. The number of aryl methyl sites for hydroxylation is 1. The average Bonchev–Trinajstić information content (AvgIpc) is 2.65. The van der Waals surface area contributed by atoms with E-state index in [1.165, 1.54) is 5.56 Å². The second-order valence-electron chi connectivity index (χ2n) is 3.56. The van der Waals surface area contributed by atoms with Gasteiger partial charge in [-0.2, -0.15) is 0 Å². The summed E-state index contributed by atoms with van der Waals surface area (Å²) in [4.78, 5) is 0. The van der Waals surface area contributed by atoms with Crippen LogP contribution in [0.5, 0.6) is 0 Å². The van der Waals surface area contributed by atoms with Gasteiger partial charge >= 0.3 is 0 Å². The minimum atomic E-state index is 0.574. The van der Waals surface area contributed by atoms with Crippen molar-refractivity contribution in [1.82, 2.24) is 15.0 Å². The van der Waals surface area contributed by atoms with Gasteiger partial charge in [-0.25, -0.2) is 4.68 Å². The second-order valence-corrected chi connectivity index (χ2v) is 3.56. The Labute approximate surface area is 88.7 Å². The van der Waals surface area contributed by atoms with Gasteiger partial charge in [-0.3, -0.25) is 0 Å². The predicted octanol–water partition coefficient (Wildman–Crippen LogP) is 1.09. The van der Waals surface area contributed by atoms with E-state index < -0.39 is 0 Å². The molecule has 0 atom stereocenters. The summed E-state index contributed by atoms with van der Waals surface area (Å²) in [5, 5.41) is 7.85. The van der Waals surface area contributed by atoms with Gasteiger partial charge in [0.05, 0.1) is 18.4 Å². The standard InChI is InChI=1S/C11H14N4/c1-9-7-13-14-15(9)8-11-4-2-3-10(5-11)6-12/h2-5,7H,6,8,12H2,1H3. The summed E-state index contributed by atoms with van der Waals surface area (Å²) in [6, 6.07) is 8.21. The third-order valence-corrected chi connectivity index (χ3v) is 2.37. The fourth-order valence-corrected chi connectivity index (χ4v) is 1.49. The first-order valence-electron chi connectivity index (χ1n) is 4.92. The highest BCUT2D eigenvalue weighted by Crippen LogP contribution is 2.07. The molecule has 0 amide bonds. The predicted molar refractivity (Wildman–Crippen MR) is 58.2 cm³/mol. The lowest BCUT2D eigenvalue weighted by molar-refractivity contribution is 0.633. The van der Waals surface area contributed by atoms with Gasteiger partial charge in [-0.05, 0) is 18.1 Å². The van der Waals surface area contributed by atoms with Crippen molar-refractivity contribution >= 4 is 0 Å². The summed E-state index contributed by atoms with van der Waals surface area (Å²) in [5.74, 6) is 0. The van der Waals surface area contributed by atoms with Crippen LogP contribution in [0, 0.1) is 6.92 Å². The molecule has 1 aromatic carbocycles. The number of benzene rings is 1. The summed E-state index contributed by atoms with van der Waals surface area (Å²) < 4.78 is 1.87. The van der Waals surface area contributed by atoms with Crippen molar-refractivity contribution in [3.8, 4) is 0 Å². The van der Waals surface area contributed by atoms with Crippen molar-refractivity contribution in [3.05, 3.63) is 47.3 Å². The van der Waals surface area contributed by atoms with E-state index in [1.807, 2.05) is 23.7 Å². The van der Waals surface area contributed by atoms with Gasteiger partial charge in [-0.1, -0.05) is 29.5 Å². The van der Waals surface area contributed by atoms with Crippen LogP contribution in [0.2, 0.25) is 0 Å². The molecule has 1 aromatic heterocycles.